The van der Waals surface area contributed by atoms with Gasteiger partial charge < -0.3 is 9.88 Å². The topological polar surface area (TPSA) is 34.0 Å². The number of hydrogen-bond donors (Lipinski definition) is 1. The molecule has 1 aromatic heterocycles. The number of nitrogens with one attached hydrogen (secondary N) is 1. The minimum absolute atomic E-state index is 0.172. The van der Waals surface area contributed by atoms with Crippen LogP contribution < -0.4 is 5.32 Å². The van der Waals surface area contributed by atoms with E-state index in [1.165, 1.54) is 0 Å². The second-order valence-electron chi connectivity index (χ2n) is 4.04. The van der Waals surface area contributed by atoms with Crippen LogP contribution in [0.1, 0.15) is 10.5 Å². The van der Waals surface area contributed by atoms with Gasteiger partial charge in [-0.2, -0.15) is 13.2 Å². The molecule has 2 rings (SSSR count). The van der Waals surface area contributed by atoms with Gasteiger partial charge in [0.15, 0.2) is 0 Å². The van der Waals surface area contributed by atoms with Gasteiger partial charge in [-0.3, -0.25) is 4.79 Å². The lowest BCUT2D eigenvalue weighted by atomic mass is 10.2. The van der Waals surface area contributed by atoms with E-state index in [0.717, 1.165) is 10.9 Å². The first kappa shape index (κ1) is 13.9. The molecule has 0 aliphatic heterocycles. The van der Waals surface area contributed by atoms with E-state index >= 15 is 0 Å². The molecule has 1 N–H and O–H groups in total. The van der Waals surface area contributed by atoms with Gasteiger partial charge >= 0.3 is 6.18 Å². The summed E-state index contributed by atoms with van der Waals surface area (Å²) in [6.45, 7) is -1.35. The van der Waals surface area contributed by atoms with Crippen LogP contribution in [0.4, 0.5) is 13.2 Å². The maximum Gasteiger partial charge on any atom is 0.405 e. The normalized spacial score (nSPS) is 11.8. The number of carbonyl (C=O) groups is 1. The molecule has 0 spiro atoms. The van der Waals surface area contributed by atoms with Crippen LogP contribution >= 0.6 is 15.9 Å². The Morgan fingerprint density at radius 2 is 2.00 bits per heavy atom. The summed E-state index contributed by atoms with van der Waals surface area (Å²) in [5, 5.41) is 2.65. The number of alkyl halides is 3. The van der Waals surface area contributed by atoms with Crippen LogP contribution in [0.2, 0.25) is 0 Å². The smallest absolute Gasteiger partial charge is 0.342 e. The highest BCUT2D eigenvalue weighted by Crippen LogP contribution is 2.30. The second-order valence-corrected chi connectivity index (χ2v) is 4.83. The van der Waals surface area contributed by atoms with Crippen molar-refractivity contribution >= 4 is 32.7 Å². The van der Waals surface area contributed by atoms with Crippen LogP contribution in [0.25, 0.3) is 10.9 Å². The van der Waals surface area contributed by atoms with Crippen molar-refractivity contribution in [2.45, 2.75) is 6.18 Å². The fourth-order valence-corrected chi connectivity index (χ4v) is 2.64. The molecule has 0 saturated heterocycles. The van der Waals surface area contributed by atoms with Gasteiger partial charge in [0.2, 0.25) is 0 Å². The van der Waals surface area contributed by atoms with Crippen LogP contribution in [0.15, 0.2) is 28.7 Å². The highest BCUT2D eigenvalue weighted by Gasteiger charge is 2.29. The average molecular weight is 335 g/mol. The number of para-hydroxylation sites is 1. The number of benzene rings is 1. The molecule has 19 heavy (non-hydrogen) atoms. The van der Waals surface area contributed by atoms with Gasteiger partial charge in [0, 0.05) is 18.0 Å². The van der Waals surface area contributed by atoms with Gasteiger partial charge in [0.05, 0.1) is 4.47 Å². The summed E-state index contributed by atoms with van der Waals surface area (Å²) in [6.07, 6.45) is -4.42. The molecule has 1 amide bonds. The van der Waals surface area contributed by atoms with E-state index in [2.05, 4.69) is 15.9 Å². The molecule has 3 nitrogen and oxygen atoms in total. The summed E-state index contributed by atoms with van der Waals surface area (Å²) in [5.41, 5.74) is 0.942. The van der Waals surface area contributed by atoms with Crippen molar-refractivity contribution < 1.29 is 18.0 Å². The van der Waals surface area contributed by atoms with Crippen molar-refractivity contribution in [2.24, 2.45) is 7.05 Å². The SMILES string of the molecule is Cn1c(C(=O)NCC(F)(F)F)c(Br)c2ccccc21. The lowest BCUT2D eigenvalue weighted by Crippen LogP contribution is -2.34. The number of nitrogens with zero attached hydrogens (tertiary/aromatic N) is 1. The third-order valence-corrected chi connectivity index (χ3v) is 3.51. The summed E-state index contributed by atoms with van der Waals surface area (Å²) < 4.78 is 38.4. The predicted octanol–water partition coefficient (Wildman–Crippen LogP) is 3.23. The van der Waals surface area contributed by atoms with Crippen molar-refractivity contribution in [2.75, 3.05) is 6.54 Å². The number of aromatic nitrogens is 1. The molecule has 2 aromatic rings. The van der Waals surface area contributed by atoms with Crippen LogP contribution in [0, 0.1) is 0 Å². The minimum atomic E-state index is -4.42. The zero-order valence-corrected chi connectivity index (χ0v) is 11.5. The number of hydrogen-bond acceptors (Lipinski definition) is 1. The van der Waals surface area contributed by atoms with Crippen molar-refractivity contribution in [3.8, 4) is 0 Å². The van der Waals surface area contributed by atoms with Crippen molar-refractivity contribution in [3.05, 3.63) is 34.4 Å². The molecule has 0 saturated carbocycles. The number of fused-ring (bicyclic) bond motifs is 1. The molecule has 0 aliphatic rings. The number of rotatable bonds is 2. The van der Waals surface area contributed by atoms with Crippen LogP contribution in [-0.2, 0) is 7.05 Å². The quantitative estimate of drug-likeness (QED) is 0.898. The zero-order valence-electron chi connectivity index (χ0n) is 9.88. The Kier molecular flexibility index (Phi) is 3.58. The first-order valence-electron chi connectivity index (χ1n) is 5.39. The fourth-order valence-electron chi connectivity index (χ4n) is 1.86. The highest BCUT2D eigenvalue weighted by atomic mass is 79.9. The Bertz CT molecular complexity index is 595. The van der Waals surface area contributed by atoms with Crippen molar-refractivity contribution in [1.82, 2.24) is 9.88 Å². The molecule has 0 atom stereocenters. The molecule has 0 bridgehead atoms. The summed E-state index contributed by atoms with van der Waals surface area (Å²) in [7, 11) is 1.63. The largest absolute Gasteiger partial charge is 0.405 e. The number of amides is 1. The van der Waals surface area contributed by atoms with E-state index in [1.807, 2.05) is 5.32 Å². The molecule has 1 heterocycles. The van der Waals surface area contributed by atoms with Crippen LogP contribution in [-0.4, -0.2) is 23.2 Å². The third kappa shape index (κ3) is 2.75. The summed E-state index contributed by atoms with van der Waals surface area (Å²) >= 11 is 3.26. The lowest BCUT2D eigenvalue weighted by molar-refractivity contribution is -0.123. The summed E-state index contributed by atoms with van der Waals surface area (Å²) in [5.74, 6) is -0.761. The molecule has 0 aliphatic carbocycles. The van der Waals surface area contributed by atoms with Crippen LogP contribution in [0.5, 0.6) is 0 Å². The Morgan fingerprint density at radius 1 is 1.37 bits per heavy atom. The van der Waals surface area contributed by atoms with Crippen LogP contribution in [0.3, 0.4) is 0 Å². The second kappa shape index (κ2) is 4.88. The van der Waals surface area contributed by atoms with E-state index in [0.29, 0.717) is 4.47 Å². The molecule has 0 unspecified atom stereocenters. The Hall–Kier alpha value is -1.50. The third-order valence-electron chi connectivity index (χ3n) is 2.71. The Balaban J connectivity index is 2.37. The maximum absolute atomic E-state index is 12.1. The summed E-state index contributed by atoms with van der Waals surface area (Å²) in [6, 6.07) is 7.18. The predicted molar refractivity (Wildman–Crippen MR) is 69.0 cm³/mol. The molecular formula is C12H10BrF3N2O. The number of carbonyl (C=O) groups excluding carboxylic acids is 1. The Labute approximate surface area is 115 Å². The molecule has 1 aromatic carbocycles. The number of aryl methyl sites for hydroxylation is 1. The van der Waals surface area contributed by atoms with Gasteiger partial charge in [-0.05, 0) is 22.0 Å². The molecular weight excluding hydrogens is 325 g/mol. The van der Waals surface area contributed by atoms with Gasteiger partial charge in [0.1, 0.15) is 12.2 Å². The lowest BCUT2D eigenvalue weighted by Gasteiger charge is -2.09. The fraction of sp³-hybridized carbons (Fsp3) is 0.250. The van der Waals surface area contributed by atoms with Crippen molar-refractivity contribution in [3.63, 3.8) is 0 Å². The maximum atomic E-state index is 12.1. The molecule has 102 valence electrons. The van der Waals surface area contributed by atoms with E-state index in [4.69, 9.17) is 0 Å². The summed E-state index contributed by atoms with van der Waals surface area (Å²) in [4.78, 5) is 11.8. The first-order chi connectivity index (χ1) is 8.81. The first-order valence-corrected chi connectivity index (χ1v) is 6.18. The molecule has 0 fully saturated rings. The monoisotopic (exact) mass is 334 g/mol. The molecule has 7 heteroatoms. The minimum Gasteiger partial charge on any atom is -0.342 e. The zero-order chi connectivity index (χ0) is 14.2. The van der Waals surface area contributed by atoms with Crippen molar-refractivity contribution in [1.29, 1.82) is 0 Å². The Morgan fingerprint density at radius 3 is 2.58 bits per heavy atom. The number of halogens is 4. The standard InChI is InChI=1S/C12H10BrF3N2O/c1-18-8-5-3-2-4-7(8)9(13)10(18)11(19)17-6-12(14,15)16/h2-5H,6H2,1H3,(H,17,19). The van der Waals surface area contributed by atoms with E-state index < -0.39 is 18.6 Å². The van der Waals surface area contributed by atoms with Gasteiger partial charge in [-0.15, -0.1) is 0 Å². The van der Waals surface area contributed by atoms with E-state index in [9.17, 15) is 18.0 Å². The average Bonchev–Trinajstić information content (AvgIpc) is 2.59. The van der Waals surface area contributed by atoms with E-state index in [-0.39, 0.29) is 5.69 Å². The molecule has 0 radical (unpaired) electrons. The van der Waals surface area contributed by atoms with Gasteiger partial charge in [0.25, 0.3) is 5.91 Å². The van der Waals surface area contributed by atoms with E-state index in [1.54, 1.807) is 35.9 Å². The van der Waals surface area contributed by atoms with Gasteiger partial charge in [-0.25, -0.2) is 0 Å². The van der Waals surface area contributed by atoms with Gasteiger partial charge in [-0.1, -0.05) is 18.2 Å². The highest BCUT2D eigenvalue weighted by molar-refractivity contribution is 9.10.